The van der Waals surface area contributed by atoms with Crippen LogP contribution in [0.4, 0.5) is 10.2 Å². The van der Waals surface area contributed by atoms with Crippen molar-refractivity contribution in [1.29, 1.82) is 5.26 Å². The van der Waals surface area contributed by atoms with Crippen molar-refractivity contribution in [1.82, 2.24) is 14.6 Å². The lowest BCUT2D eigenvalue weighted by molar-refractivity contribution is -0.0824. The van der Waals surface area contributed by atoms with E-state index in [9.17, 15) is 43.3 Å². The summed E-state index contributed by atoms with van der Waals surface area (Å²) < 4.78 is 67.6. The number of aliphatic hydroxyl groups is 2. The Balaban J connectivity index is 1.96. The molecule has 8 N–H and O–H groups in total. The summed E-state index contributed by atoms with van der Waals surface area (Å²) in [6.07, 6.45) is -5.19. The van der Waals surface area contributed by atoms with Crippen LogP contribution in [0.15, 0.2) is 12.4 Å². The third kappa shape index (κ3) is 5.42. The van der Waals surface area contributed by atoms with Gasteiger partial charge in [0.15, 0.2) is 11.6 Å². The number of nitrogens with zero attached hydrogens (tertiary/aromatic N) is 4. The molecule has 1 aliphatic heterocycles. The summed E-state index contributed by atoms with van der Waals surface area (Å²) in [5.74, 6) is -1.35. The molecule has 24 heteroatoms. The lowest BCUT2D eigenvalue weighted by atomic mass is 9.61. The molecule has 1 aliphatic rings. The quantitative estimate of drug-likeness (QED) is 0.119. The van der Waals surface area contributed by atoms with E-state index in [1.54, 1.807) is 6.07 Å². The Morgan fingerprint density at radius 2 is 1.83 bits per heavy atom. The number of anilines is 1. The predicted molar refractivity (Wildman–Crippen MR) is 116 cm³/mol. The molecule has 6 atom stereocenters. The van der Waals surface area contributed by atoms with Crippen molar-refractivity contribution in [2.24, 2.45) is 0 Å². The van der Waals surface area contributed by atoms with Crippen LogP contribution in [-0.4, -0.2) is 83.8 Å². The second-order valence-electron chi connectivity index (χ2n) is 7.89. The van der Waals surface area contributed by atoms with E-state index in [0.717, 1.165) is 32.6 Å². The number of fused-ring (bicyclic) bond motifs is 1. The van der Waals surface area contributed by atoms with Gasteiger partial charge in [0.05, 0.1) is 5.69 Å². The number of ether oxygens (including phenoxy) is 1. The maximum Gasteiger partial charge on any atom is 0.490 e. The molecule has 0 spiro atoms. The molecule has 2 aromatic heterocycles. The van der Waals surface area contributed by atoms with Gasteiger partial charge in [0, 0.05) is 11.5 Å². The second-order valence-corrected chi connectivity index (χ2v) is 12.2. The molecule has 2 aromatic rings. The molecule has 0 aromatic carbocycles. The fourth-order valence-corrected chi connectivity index (χ4v) is 6.93. The topological polar surface area (TPSA) is 290 Å². The molecule has 18 nitrogen and oxygen atoms in total. The Morgan fingerprint density at radius 1 is 1.22 bits per heavy atom. The van der Waals surface area contributed by atoms with Crippen LogP contribution in [0.2, 0.25) is 0 Å². The average Bonchev–Trinajstić information content (AvgIpc) is 3.15. The zero-order valence-corrected chi connectivity index (χ0v) is 20.7. The molecular formula is C12H17B2FN5O13P3. The number of halogens is 1. The zero-order chi connectivity index (χ0) is 27.5. The van der Waals surface area contributed by atoms with Crippen LogP contribution >= 0.6 is 23.5 Å². The van der Waals surface area contributed by atoms with Crippen molar-refractivity contribution in [3.8, 4) is 6.07 Å². The van der Waals surface area contributed by atoms with E-state index in [-0.39, 0.29) is 11.3 Å². The number of aliphatic hydroxyl groups excluding tert-OH is 2. The minimum Gasteiger partial charge on any atom is -0.387 e. The molecule has 196 valence electrons. The summed E-state index contributed by atoms with van der Waals surface area (Å²) in [4.78, 5) is 40.0. The third-order valence-corrected chi connectivity index (χ3v) is 8.93. The van der Waals surface area contributed by atoms with E-state index < -0.39 is 64.3 Å². The lowest BCUT2D eigenvalue weighted by Gasteiger charge is -2.34. The van der Waals surface area contributed by atoms with E-state index in [0.29, 0.717) is 0 Å². The van der Waals surface area contributed by atoms with Crippen LogP contribution in [0, 0.1) is 17.1 Å². The average molecular weight is 573 g/mol. The number of hydrogen-bond acceptors (Lipinski definition) is 13. The van der Waals surface area contributed by atoms with Gasteiger partial charge in [0.1, 0.15) is 51.9 Å². The number of phosphoric ester groups is 1. The zero-order valence-electron chi connectivity index (χ0n) is 18.0. The first kappa shape index (κ1) is 28.8. The first-order valence-electron chi connectivity index (χ1n) is 9.33. The normalized spacial score (nSPS) is 28.4. The van der Waals surface area contributed by atoms with Crippen LogP contribution in [0.1, 0.15) is 5.69 Å². The van der Waals surface area contributed by atoms with Crippen LogP contribution in [0.3, 0.4) is 0 Å². The highest BCUT2D eigenvalue weighted by Gasteiger charge is 2.62. The Morgan fingerprint density at radius 3 is 2.39 bits per heavy atom. The van der Waals surface area contributed by atoms with Gasteiger partial charge in [-0.2, -0.15) is 19.0 Å². The molecule has 3 rings (SSSR count). The highest BCUT2D eigenvalue weighted by Crippen LogP contribution is 2.67. The van der Waals surface area contributed by atoms with Crippen molar-refractivity contribution < 1.29 is 65.8 Å². The summed E-state index contributed by atoms with van der Waals surface area (Å²) in [6.45, 7) is 0. The van der Waals surface area contributed by atoms with Crippen LogP contribution in [0.5, 0.6) is 0 Å². The second kappa shape index (κ2) is 9.22. The standard InChI is InChI=1S/C12H17B2FN5O13P3/c13-12(14,31-35(26,27)33-36(28,29)32-34(23,24)25)9-7(21)8(22)11(2-16,30-9)5-1-4(15)6-10(17)18-3-19-20(5)6/h1,3,7-9,21-22H,13-14H2,(H,26,27)(H,28,29)(H2,17,18,19)(H2,23,24,25)/t7-,8+,9?,11-/m0/s1. The number of nitrogen functional groups attached to an aromatic ring is 1. The first-order chi connectivity index (χ1) is 16.3. The molecule has 36 heavy (non-hydrogen) atoms. The first-order valence-corrected chi connectivity index (χ1v) is 13.9. The number of aromatic nitrogens is 3. The van der Waals surface area contributed by atoms with E-state index >= 15 is 0 Å². The van der Waals surface area contributed by atoms with Gasteiger partial charge in [0.25, 0.3) is 0 Å². The summed E-state index contributed by atoms with van der Waals surface area (Å²) in [5.41, 5.74) is 2.23. The molecule has 0 amide bonds. The van der Waals surface area contributed by atoms with Gasteiger partial charge in [-0.15, -0.1) is 0 Å². The fourth-order valence-electron chi connectivity index (χ4n) is 3.59. The molecule has 3 heterocycles. The number of nitriles is 1. The molecule has 1 saturated heterocycles. The molecule has 0 aliphatic carbocycles. The number of nitrogens with two attached hydrogens (primary N) is 1. The summed E-state index contributed by atoms with van der Waals surface area (Å²) >= 11 is 0. The van der Waals surface area contributed by atoms with E-state index in [4.69, 9.17) is 24.8 Å². The summed E-state index contributed by atoms with van der Waals surface area (Å²) in [6, 6.07) is 2.33. The third-order valence-electron chi connectivity index (χ3n) is 4.90. The van der Waals surface area contributed by atoms with Gasteiger partial charge >= 0.3 is 23.5 Å². The molecule has 3 unspecified atom stereocenters. The fraction of sp³-hybridized carbons (Fsp3) is 0.417. The van der Waals surface area contributed by atoms with Gasteiger partial charge < -0.3 is 40.3 Å². The molecular weight excluding hydrogens is 556 g/mol. The largest absolute Gasteiger partial charge is 0.490 e. The van der Waals surface area contributed by atoms with E-state index in [1.165, 1.54) is 0 Å². The van der Waals surface area contributed by atoms with Gasteiger partial charge in [-0.1, -0.05) is 0 Å². The van der Waals surface area contributed by atoms with Gasteiger partial charge in [-0.25, -0.2) is 27.6 Å². The maximum absolute atomic E-state index is 14.6. The van der Waals surface area contributed by atoms with Crippen molar-refractivity contribution >= 4 is 50.5 Å². The summed E-state index contributed by atoms with van der Waals surface area (Å²) in [7, 11) is -15.3. The monoisotopic (exact) mass is 573 g/mol. The highest BCUT2D eigenvalue weighted by molar-refractivity contribution is 7.66. The summed E-state index contributed by atoms with van der Waals surface area (Å²) in [5, 5.41) is 32.8. The molecule has 1 fully saturated rings. The Bertz CT molecular complexity index is 1380. The van der Waals surface area contributed by atoms with E-state index in [2.05, 4.69) is 18.7 Å². The predicted octanol–water partition coefficient (Wildman–Crippen LogP) is -3.45. The molecule has 0 bridgehead atoms. The van der Waals surface area contributed by atoms with Crippen LogP contribution in [0.25, 0.3) is 5.52 Å². The van der Waals surface area contributed by atoms with Crippen molar-refractivity contribution in [2.75, 3.05) is 5.73 Å². The molecule has 0 saturated carbocycles. The Labute approximate surface area is 201 Å². The maximum atomic E-state index is 14.6. The number of rotatable bonds is 8. The van der Waals surface area contributed by atoms with E-state index in [1.807, 2.05) is 0 Å². The Kier molecular flexibility index (Phi) is 7.39. The van der Waals surface area contributed by atoms with Crippen molar-refractivity contribution in [3.05, 3.63) is 23.9 Å². The molecule has 0 radical (unpaired) electrons. The van der Waals surface area contributed by atoms with Crippen molar-refractivity contribution in [2.45, 2.75) is 29.3 Å². The smallest absolute Gasteiger partial charge is 0.387 e. The minimum absolute atomic E-state index is 0.334. The van der Waals surface area contributed by atoms with Gasteiger partial charge in [-0.05, 0) is 0 Å². The van der Waals surface area contributed by atoms with Gasteiger partial charge in [0.2, 0.25) is 5.60 Å². The SMILES string of the molecule is BC(B)(OP(=O)(O)OP(=O)(O)OP(=O)(O)O)C1O[C@@](C#N)(c2cc(F)c3c(N)ncnn23)[C@H](O)[C@@H]1O. The number of hydrogen-bond donors (Lipinski definition) is 7. The lowest BCUT2D eigenvalue weighted by Crippen LogP contribution is -2.51. The van der Waals surface area contributed by atoms with Crippen molar-refractivity contribution in [3.63, 3.8) is 0 Å². The van der Waals surface area contributed by atoms with Gasteiger partial charge in [-0.3, -0.25) is 4.52 Å². The highest BCUT2D eigenvalue weighted by atomic mass is 31.3. The minimum atomic E-state index is -5.87. The Hall–Kier alpha value is -1.74. The van der Waals surface area contributed by atoms with Crippen LogP contribution in [-0.2, 0) is 37.2 Å². The number of phosphoric acid groups is 3. The van der Waals surface area contributed by atoms with Crippen LogP contribution < -0.4 is 5.73 Å².